The third kappa shape index (κ3) is 16.1. The van der Waals surface area contributed by atoms with Crippen molar-refractivity contribution >= 4 is 30.1 Å². The molecule has 0 amide bonds. The fraction of sp³-hybridized carbons (Fsp3) is 0.341. The molecule has 56 heavy (non-hydrogen) atoms. The number of benzene rings is 3. The standard InChI is InChI=1S/C25H30N2O6.C19H22O4/c1-3-24(28)32-16-8-6-5-7-15-31-20-10-12-21(13-11-20)33-25(29)22-14-9-19(18-27-26)17-23(22)30-4-2;1-3-5-14-6-10-17(11-7-14)23-19(21)15-8-12-16(13-9-15)22-18(20)4-2/h3,9-14,17-18H,1,4-8,15-16,26H2,2H3;4,6,8-10,12-14,17H,2-3,5,7,11H2,1H3/b27-18+;. The van der Waals surface area contributed by atoms with Gasteiger partial charge in [-0.1, -0.05) is 38.6 Å². The fourth-order valence-corrected chi connectivity index (χ4v) is 5.48. The van der Waals surface area contributed by atoms with Crippen molar-refractivity contribution in [3.63, 3.8) is 0 Å². The van der Waals surface area contributed by atoms with Crippen LogP contribution in [0.3, 0.4) is 0 Å². The van der Waals surface area contributed by atoms with Gasteiger partial charge in [0.2, 0.25) is 0 Å². The first kappa shape index (κ1) is 44.2. The monoisotopic (exact) mass is 768 g/mol. The molecule has 298 valence electrons. The Labute approximate surface area is 328 Å². The van der Waals surface area contributed by atoms with Gasteiger partial charge in [0.1, 0.15) is 34.7 Å². The van der Waals surface area contributed by atoms with Crippen molar-refractivity contribution in [1.82, 2.24) is 0 Å². The van der Waals surface area contributed by atoms with Crippen LogP contribution in [0.4, 0.5) is 0 Å². The lowest BCUT2D eigenvalue weighted by Crippen LogP contribution is -2.20. The number of allylic oxidation sites excluding steroid dienone is 1. The van der Waals surface area contributed by atoms with Crippen LogP contribution in [0, 0.1) is 5.92 Å². The maximum Gasteiger partial charge on any atom is 0.347 e. The van der Waals surface area contributed by atoms with Gasteiger partial charge >= 0.3 is 23.9 Å². The molecule has 0 aliphatic heterocycles. The molecule has 1 aliphatic rings. The van der Waals surface area contributed by atoms with Crippen molar-refractivity contribution in [2.24, 2.45) is 16.9 Å². The molecular weight excluding hydrogens is 716 g/mol. The summed E-state index contributed by atoms with van der Waals surface area (Å²) < 4.78 is 32.1. The summed E-state index contributed by atoms with van der Waals surface area (Å²) in [5, 5.41) is 3.48. The number of carbonyl (C=O) groups is 4. The molecule has 0 aromatic heterocycles. The molecule has 3 aromatic rings. The van der Waals surface area contributed by atoms with E-state index in [1.54, 1.807) is 66.7 Å². The minimum absolute atomic E-state index is 0.158. The number of carbonyl (C=O) groups excluding carboxylic acids is 4. The zero-order chi connectivity index (χ0) is 40.5. The van der Waals surface area contributed by atoms with E-state index in [0.29, 0.717) is 59.9 Å². The first-order valence-corrected chi connectivity index (χ1v) is 18.8. The van der Waals surface area contributed by atoms with Crippen LogP contribution in [0.5, 0.6) is 23.0 Å². The van der Waals surface area contributed by atoms with Gasteiger partial charge in [0.25, 0.3) is 0 Å². The lowest BCUT2D eigenvalue weighted by molar-refractivity contribution is -0.137. The lowest BCUT2D eigenvalue weighted by atomic mass is 9.91. The summed E-state index contributed by atoms with van der Waals surface area (Å²) in [6, 6.07) is 18.2. The van der Waals surface area contributed by atoms with E-state index in [9.17, 15) is 19.2 Å². The van der Waals surface area contributed by atoms with E-state index in [1.165, 1.54) is 19.1 Å². The van der Waals surface area contributed by atoms with Crippen molar-refractivity contribution < 1.29 is 47.6 Å². The zero-order valence-corrected chi connectivity index (χ0v) is 32.2. The Morgan fingerprint density at radius 1 is 0.750 bits per heavy atom. The van der Waals surface area contributed by atoms with Crippen LogP contribution in [-0.4, -0.2) is 56.0 Å². The molecule has 0 spiro atoms. The summed E-state index contributed by atoms with van der Waals surface area (Å²) in [6.07, 6.45) is 15.6. The summed E-state index contributed by atoms with van der Waals surface area (Å²) in [5.74, 6) is 5.83. The second-order valence-corrected chi connectivity index (χ2v) is 12.6. The Balaban J connectivity index is 0.000000320. The second-order valence-electron chi connectivity index (χ2n) is 12.6. The largest absolute Gasteiger partial charge is 0.494 e. The molecule has 0 radical (unpaired) electrons. The number of hydrogen-bond acceptors (Lipinski definition) is 12. The normalized spacial score (nSPS) is 14.4. The molecule has 0 saturated heterocycles. The lowest BCUT2D eigenvalue weighted by Gasteiger charge is -2.22. The van der Waals surface area contributed by atoms with Crippen LogP contribution in [0.1, 0.15) is 91.5 Å². The number of nitrogens with two attached hydrogens (primary N) is 1. The Bertz CT molecular complexity index is 1780. The molecule has 3 aromatic carbocycles. The number of esters is 4. The number of rotatable bonds is 20. The van der Waals surface area contributed by atoms with Crippen LogP contribution in [-0.2, 0) is 19.1 Å². The number of unbranched alkanes of at least 4 members (excludes halogenated alkanes) is 3. The summed E-state index contributed by atoms with van der Waals surface area (Å²) in [5.41, 5.74) is 1.47. The van der Waals surface area contributed by atoms with Gasteiger partial charge in [-0.05, 0) is 130 Å². The average Bonchev–Trinajstić information content (AvgIpc) is 3.21. The van der Waals surface area contributed by atoms with Gasteiger partial charge < -0.3 is 34.3 Å². The molecule has 2 unspecified atom stereocenters. The van der Waals surface area contributed by atoms with Crippen LogP contribution in [0.2, 0.25) is 0 Å². The van der Waals surface area contributed by atoms with Crippen molar-refractivity contribution in [1.29, 1.82) is 0 Å². The Morgan fingerprint density at radius 2 is 1.41 bits per heavy atom. The molecule has 2 N–H and O–H groups in total. The molecular formula is C44H52N2O10. The number of hydrazone groups is 1. The van der Waals surface area contributed by atoms with E-state index in [1.807, 2.05) is 13.0 Å². The van der Waals surface area contributed by atoms with Gasteiger partial charge in [0.15, 0.2) is 0 Å². The molecule has 12 nitrogen and oxygen atoms in total. The maximum absolute atomic E-state index is 12.6. The second kappa shape index (κ2) is 25.0. The highest BCUT2D eigenvalue weighted by molar-refractivity contribution is 5.95. The first-order valence-electron chi connectivity index (χ1n) is 18.8. The van der Waals surface area contributed by atoms with Crippen LogP contribution in [0.25, 0.3) is 0 Å². The highest BCUT2D eigenvalue weighted by Crippen LogP contribution is 2.26. The van der Waals surface area contributed by atoms with E-state index in [0.717, 1.165) is 56.2 Å². The molecule has 0 fully saturated rings. The number of nitrogens with zero attached hydrogens (tertiary/aromatic N) is 1. The Hall–Kier alpha value is -6.17. The summed E-state index contributed by atoms with van der Waals surface area (Å²) >= 11 is 0. The molecule has 0 bridgehead atoms. The SMILES string of the molecule is C=CC(=O)OCCCCCCOc1ccc(OC(=O)c2ccc(/C=N/N)cc2OCC)cc1.C=CC(=O)Oc1ccc(C(=O)OC2C=CC(CCC)CC2)cc1. The number of hydrogen-bond donors (Lipinski definition) is 1. The average molecular weight is 769 g/mol. The predicted octanol–water partition coefficient (Wildman–Crippen LogP) is 8.34. The topological polar surface area (TPSA) is 162 Å². The van der Waals surface area contributed by atoms with E-state index in [4.69, 9.17) is 34.3 Å². The van der Waals surface area contributed by atoms with Crippen LogP contribution >= 0.6 is 0 Å². The molecule has 0 heterocycles. The minimum atomic E-state index is -0.533. The van der Waals surface area contributed by atoms with Gasteiger partial charge in [0, 0.05) is 12.2 Å². The third-order valence-corrected chi connectivity index (χ3v) is 8.31. The quantitative estimate of drug-likeness (QED) is 0.0172. The van der Waals surface area contributed by atoms with Gasteiger partial charge in [-0.15, -0.1) is 0 Å². The smallest absolute Gasteiger partial charge is 0.347 e. The van der Waals surface area contributed by atoms with Crippen molar-refractivity contribution in [3.8, 4) is 23.0 Å². The van der Waals surface area contributed by atoms with Gasteiger partial charge in [0.05, 0.1) is 31.6 Å². The van der Waals surface area contributed by atoms with Crippen molar-refractivity contribution in [2.75, 3.05) is 19.8 Å². The van der Waals surface area contributed by atoms with E-state index in [-0.39, 0.29) is 12.1 Å². The zero-order valence-electron chi connectivity index (χ0n) is 32.2. The number of ether oxygens (including phenoxy) is 6. The fourth-order valence-electron chi connectivity index (χ4n) is 5.48. The third-order valence-electron chi connectivity index (χ3n) is 8.31. The Morgan fingerprint density at radius 3 is 2.04 bits per heavy atom. The van der Waals surface area contributed by atoms with Gasteiger partial charge in [-0.3, -0.25) is 0 Å². The van der Waals surface area contributed by atoms with Crippen LogP contribution in [0.15, 0.2) is 109 Å². The summed E-state index contributed by atoms with van der Waals surface area (Å²) in [7, 11) is 0. The minimum Gasteiger partial charge on any atom is -0.494 e. The Kier molecular flexibility index (Phi) is 19.8. The van der Waals surface area contributed by atoms with E-state index >= 15 is 0 Å². The molecule has 0 saturated carbocycles. The predicted molar refractivity (Wildman–Crippen MR) is 214 cm³/mol. The van der Waals surface area contributed by atoms with Crippen LogP contribution < -0.4 is 24.8 Å². The maximum atomic E-state index is 12.6. The summed E-state index contributed by atoms with van der Waals surface area (Å²) in [4.78, 5) is 46.8. The molecule has 1 aliphatic carbocycles. The first-order chi connectivity index (χ1) is 27.2. The highest BCUT2D eigenvalue weighted by atomic mass is 16.6. The molecule has 4 rings (SSSR count). The van der Waals surface area contributed by atoms with Crippen molar-refractivity contribution in [3.05, 3.63) is 121 Å². The molecule has 12 heteroatoms. The van der Waals surface area contributed by atoms with Gasteiger partial charge in [-0.25, -0.2) is 19.2 Å². The van der Waals surface area contributed by atoms with Gasteiger partial charge in [-0.2, -0.15) is 5.10 Å². The van der Waals surface area contributed by atoms with E-state index < -0.39 is 17.9 Å². The van der Waals surface area contributed by atoms with Crippen molar-refractivity contribution in [2.45, 2.75) is 71.3 Å². The highest BCUT2D eigenvalue weighted by Gasteiger charge is 2.20. The van der Waals surface area contributed by atoms with E-state index in [2.05, 4.69) is 31.3 Å². The summed E-state index contributed by atoms with van der Waals surface area (Å²) in [6.45, 7) is 12.1. The molecule has 2 atom stereocenters.